The van der Waals surface area contributed by atoms with Crippen molar-refractivity contribution in [1.82, 2.24) is 4.90 Å². The van der Waals surface area contributed by atoms with Crippen LogP contribution in [0.2, 0.25) is 0 Å². The molecule has 1 heterocycles. The van der Waals surface area contributed by atoms with Crippen molar-refractivity contribution in [3.63, 3.8) is 0 Å². The normalized spacial score (nSPS) is 14.8. The second kappa shape index (κ2) is 9.06. The topological polar surface area (TPSA) is 52.7 Å². The zero-order valence-corrected chi connectivity index (χ0v) is 16.7. The number of amides is 2. The van der Waals surface area contributed by atoms with Gasteiger partial charge in [-0.15, -0.1) is 0 Å². The summed E-state index contributed by atoms with van der Waals surface area (Å²) in [5, 5.41) is 2.90. The Labute approximate surface area is 157 Å². The Morgan fingerprint density at radius 3 is 2.31 bits per heavy atom. The average Bonchev–Trinajstić information content (AvgIpc) is 2.66. The number of carbonyl (C=O) groups excluding carboxylic acids is 2. The molecule has 2 amide bonds. The van der Waals surface area contributed by atoms with Gasteiger partial charge in [0.1, 0.15) is 5.41 Å². The summed E-state index contributed by atoms with van der Waals surface area (Å²) in [6.45, 7) is 8.33. The number of piperidine rings is 1. The summed E-state index contributed by atoms with van der Waals surface area (Å²) < 4.78 is 0. The lowest BCUT2D eigenvalue weighted by atomic mass is 9.90. The van der Waals surface area contributed by atoms with Crippen LogP contribution in [0.3, 0.4) is 0 Å². The smallest absolute Gasteiger partial charge is 0.239 e. The molecule has 1 aliphatic heterocycles. The van der Waals surface area contributed by atoms with E-state index in [4.69, 9.17) is 0 Å². The molecule has 1 aromatic carbocycles. The first-order chi connectivity index (χ1) is 12.4. The molecule has 5 heteroatoms. The molecule has 1 N–H and O–H groups in total. The van der Waals surface area contributed by atoms with E-state index in [2.05, 4.69) is 17.1 Å². The summed E-state index contributed by atoms with van der Waals surface area (Å²) in [5.74, 6) is -0.412. The van der Waals surface area contributed by atoms with Crippen LogP contribution >= 0.6 is 0 Å². The summed E-state index contributed by atoms with van der Waals surface area (Å²) in [6.07, 6.45) is 5.74. The van der Waals surface area contributed by atoms with Gasteiger partial charge in [0.05, 0.1) is 0 Å². The van der Waals surface area contributed by atoms with Crippen molar-refractivity contribution in [2.24, 2.45) is 5.41 Å². The van der Waals surface area contributed by atoms with Crippen LogP contribution in [0, 0.1) is 5.41 Å². The van der Waals surface area contributed by atoms with E-state index < -0.39 is 5.41 Å². The van der Waals surface area contributed by atoms with E-state index in [0.717, 1.165) is 31.6 Å². The minimum Gasteiger partial charge on any atom is -0.372 e. The highest BCUT2D eigenvalue weighted by atomic mass is 16.2. The Balaban J connectivity index is 1.98. The van der Waals surface area contributed by atoms with E-state index in [-0.39, 0.29) is 11.8 Å². The highest BCUT2D eigenvalue weighted by Crippen LogP contribution is 2.24. The van der Waals surface area contributed by atoms with Gasteiger partial charge in [-0.05, 0) is 63.8 Å². The third kappa shape index (κ3) is 4.99. The van der Waals surface area contributed by atoms with E-state index >= 15 is 0 Å². The van der Waals surface area contributed by atoms with Gasteiger partial charge in [-0.25, -0.2) is 0 Å². The minimum absolute atomic E-state index is 0.145. The van der Waals surface area contributed by atoms with Crippen molar-refractivity contribution in [2.75, 3.05) is 36.9 Å². The second-order valence-electron chi connectivity index (χ2n) is 7.75. The van der Waals surface area contributed by atoms with E-state index in [1.165, 1.54) is 24.9 Å². The number of hydrogen-bond donors (Lipinski definition) is 1. The quantitative estimate of drug-likeness (QED) is 0.751. The minimum atomic E-state index is -1.09. The molecule has 1 aromatic rings. The van der Waals surface area contributed by atoms with Crippen molar-refractivity contribution in [3.8, 4) is 0 Å². The Kier molecular flexibility index (Phi) is 7.06. The number of carbonyl (C=O) groups is 2. The lowest BCUT2D eigenvalue weighted by Gasteiger charge is -2.29. The van der Waals surface area contributed by atoms with Crippen molar-refractivity contribution >= 4 is 23.2 Å². The number of rotatable bonds is 7. The number of hydrogen-bond acceptors (Lipinski definition) is 3. The highest BCUT2D eigenvalue weighted by Gasteiger charge is 2.38. The van der Waals surface area contributed by atoms with Gasteiger partial charge in [0.15, 0.2) is 0 Å². The van der Waals surface area contributed by atoms with Gasteiger partial charge in [-0.1, -0.05) is 13.3 Å². The third-order valence-corrected chi connectivity index (χ3v) is 5.14. The fourth-order valence-corrected chi connectivity index (χ4v) is 3.27. The first-order valence-electron chi connectivity index (χ1n) is 9.78. The lowest BCUT2D eigenvalue weighted by molar-refractivity contribution is -0.145. The van der Waals surface area contributed by atoms with Crippen molar-refractivity contribution < 1.29 is 9.59 Å². The van der Waals surface area contributed by atoms with Gasteiger partial charge in [0.25, 0.3) is 0 Å². The standard InChI is InChI=1S/C21H33N3O2/c1-5-6-14-23(4)20(26)21(2,3)19(25)22-17-10-12-18(13-11-17)24-15-8-7-9-16-24/h10-13H,5-9,14-16H2,1-4H3,(H,22,25). The third-order valence-electron chi connectivity index (χ3n) is 5.14. The highest BCUT2D eigenvalue weighted by molar-refractivity contribution is 6.09. The van der Waals surface area contributed by atoms with Crippen molar-refractivity contribution in [2.45, 2.75) is 52.9 Å². The van der Waals surface area contributed by atoms with Crippen LogP contribution in [0.25, 0.3) is 0 Å². The molecule has 2 rings (SSSR count). The number of nitrogens with zero attached hydrogens (tertiary/aromatic N) is 2. The zero-order valence-electron chi connectivity index (χ0n) is 16.7. The zero-order chi connectivity index (χ0) is 19.2. The molecule has 0 aromatic heterocycles. The van der Waals surface area contributed by atoms with Crippen molar-refractivity contribution in [1.29, 1.82) is 0 Å². The maximum atomic E-state index is 12.7. The maximum absolute atomic E-state index is 12.7. The SMILES string of the molecule is CCCCN(C)C(=O)C(C)(C)C(=O)Nc1ccc(N2CCCCC2)cc1. The van der Waals surface area contributed by atoms with Gasteiger partial charge >= 0.3 is 0 Å². The van der Waals surface area contributed by atoms with E-state index in [1.807, 2.05) is 24.3 Å². The van der Waals surface area contributed by atoms with Crippen LogP contribution in [-0.4, -0.2) is 43.4 Å². The molecule has 1 saturated heterocycles. The molecule has 0 spiro atoms. The number of benzene rings is 1. The van der Waals surface area contributed by atoms with Gasteiger partial charge in [-0.3, -0.25) is 9.59 Å². The van der Waals surface area contributed by atoms with Crippen LogP contribution in [0.5, 0.6) is 0 Å². The van der Waals surface area contributed by atoms with Crippen LogP contribution in [0.15, 0.2) is 24.3 Å². The van der Waals surface area contributed by atoms with Gasteiger partial charge in [0, 0.05) is 38.1 Å². The average molecular weight is 360 g/mol. The maximum Gasteiger partial charge on any atom is 0.239 e. The Morgan fingerprint density at radius 1 is 1.12 bits per heavy atom. The Hall–Kier alpha value is -2.04. The molecule has 0 bridgehead atoms. The lowest BCUT2D eigenvalue weighted by Crippen LogP contribution is -2.46. The van der Waals surface area contributed by atoms with Crippen LogP contribution < -0.4 is 10.2 Å². The molecule has 1 fully saturated rings. The monoisotopic (exact) mass is 359 g/mol. The number of nitrogens with one attached hydrogen (secondary N) is 1. The Bertz CT molecular complexity index is 604. The molecular weight excluding hydrogens is 326 g/mol. The van der Waals surface area contributed by atoms with E-state index in [9.17, 15) is 9.59 Å². The molecule has 0 aliphatic carbocycles. The largest absolute Gasteiger partial charge is 0.372 e. The van der Waals surface area contributed by atoms with E-state index in [1.54, 1.807) is 25.8 Å². The second-order valence-corrected chi connectivity index (χ2v) is 7.75. The Morgan fingerprint density at radius 2 is 1.73 bits per heavy atom. The summed E-state index contributed by atoms with van der Waals surface area (Å²) in [6, 6.07) is 7.93. The van der Waals surface area contributed by atoms with Crippen molar-refractivity contribution in [3.05, 3.63) is 24.3 Å². The number of anilines is 2. The predicted octanol–water partition coefficient (Wildman–Crippen LogP) is 3.90. The fourth-order valence-electron chi connectivity index (χ4n) is 3.27. The van der Waals surface area contributed by atoms with E-state index in [0.29, 0.717) is 6.54 Å². The fraction of sp³-hybridized carbons (Fsp3) is 0.619. The van der Waals surface area contributed by atoms with Gasteiger partial charge in [-0.2, -0.15) is 0 Å². The molecule has 5 nitrogen and oxygen atoms in total. The van der Waals surface area contributed by atoms with Crippen LogP contribution in [0.1, 0.15) is 52.9 Å². The molecule has 1 aliphatic rings. The summed E-state index contributed by atoms with van der Waals surface area (Å²) >= 11 is 0. The van der Waals surface area contributed by atoms with Crippen LogP contribution in [0.4, 0.5) is 11.4 Å². The summed E-state index contributed by atoms with van der Waals surface area (Å²) in [5.41, 5.74) is 0.832. The first-order valence-corrected chi connectivity index (χ1v) is 9.78. The summed E-state index contributed by atoms with van der Waals surface area (Å²) in [7, 11) is 1.76. The molecular formula is C21H33N3O2. The number of unbranched alkanes of at least 4 members (excludes halogenated alkanes) is 1. The van der Waals surface area contributed by atoms with Gasteiger partial charge in [0.2, 0.25) is 11.8 Å². The molecule has 26 heavy (non-hydrogen) atoms. The summed E-state index contributed by atoms with van der Waals surface area (Å²) in [4.78, 5) is 29.3. The molecule has 0 saturated carbocycles. The van der Waals surface area contributed by atoms with Crippen LogP contribution in [-0.2, 0) is 9.59 Å². The molecule has 0 radical (unpaired) electrons. The first kappa shape index (κ1) is 20.3. The molecule has 144 valence electrons. The van der Waals surface area contributed by atoms with Gasteiger partial charge < -0.3 is 15.1 Å². The molecule has 0 atom stereocenters. The predicted molar refractivity (Wildman–Crippen MR) is 107 cm³/mol. The molecule has 0 unspecified atom stereocenters.